The van der Waals surface area contributed by atoms with Crippen LogP contribution in [0.1, 0.15) is 30.3 Å². The van der Waals surface area contributed by atoms with Crippen LogP contribution in [-0.2, 0) is 12.8 Å². The van der Waals surface area contributed by atoms with Crippen molar-refractivity contribution in [2.24, 2.45) is 5.92 Å². The number of hydrogen-bond donors (Lipinski definition) is 0. The fourth-order valence-electron chi connectivity index (χ4n) is 3.49. The summed E-state index contributed by atoms with van der Waals surface area (Å²) in [7, 11) is 0. The summed E-state index contributed by atoms with van der Waals surface area (Å²) < 4.78 is 28.4. The molecule has 0 saturated carbocycles. The Morgan fingerprint density at radius 3 is 3.08 bits per heavy atom. The molecule has 0 fully saturated rings. The Labute approximate surface area is 145 Å². The Morgan fingerprint density at radius 2 is 2.24 bits per heavy atom. The highest BCUT2D eigenvalue weighted by molar-refractivity contribution is 7.19. The number of nitrogens with zero attached hydrogens (tertiary/aromatic N) is 6. The maximum atomic E-state index is 13.1. The van der Waals surface area contributed by atoms with E-state index < -0.39 is 6.55 Å². The minimum atomic E-state index is -2.73. The van der Waals surface area contributed by atoms with E-state index in [4.69, 9.17) is 0 Å². The normalized spacial score (nSPS) is 17.7. The third-order valence-corrected chi connectivity index (χ3v) is 5.88. The molecule has 0 aliphatic heterocycles. The second-order valence-corrected chi connectivity index (χ2v) is 7.50. The van der Waals surface area contributed by atoms with Gasteiger partial charge < -0.3 is 0 Å². The van der Waals surface area contributed by atoms with Gasteiger partial charge in [-0.3, -0.25) is 0 Å². The molecule has 4 aromatic rings. The first-order valence-electron chi connectivity index (χ1n) is 8.09. The zero-order valence-electron chi connectivity index (χ0n) is 13.4. The summed E-state index contributed by atoms with van der Waals surface area (Å²) in [5.41, 5.74) is 2.16. The monoisotopic (exact) mass is 360 g/mol. The fourth-order valence-corrected chi connectivity index (χ4v) is 4.84. The average Bonchev–Trinajstić information content (AvgIpc) is 3.28. The molecule has 0 N–H and O–H groups in total. The minimum absolute atomic E-state index is 0.199. The first-order chi connectivity index (χ1) is 12.1. The molecule has 6 nitrogen and oxygen atoms in total. The van der Waals surface area contributed by atoms with Crippen molar-refractivity contribution in [2.45, 2.75) is 32.7 Å². The van der Waals surface area contributed by atoms with Gasteiger partial charge in [0.1, 0.15) is 16.9 Å². The minimum Gasteiger partial charge on any atom is -0.225 e. The summed E-state index contributed by atoms with van der Waals surface area (Å²) in [5, 5.41) is 9.01. The molecule has 0 aromatic carbocycles. The highest BCUT2D eigenvalue weighted by Gasteiger charge is 2.24. The highest BCUT2D eigenvalue weighted by Crippen LogP contribution is 2.38. The predicted molar refractivity (Wildman–Crippen MR) is 89.8 cm³/mol. The van der Waals surface area contributed by atoms with E-state index in [0.29, 0.717) is 16.2 Å². The van der Waals surface area contributed by atoms with Gasteiger partial charge in [0.15, 0.2) is 5.65 Å². The van der Waals surface area contributed by atoms with Crippen LogP contribution in [0.5, 0.6) is 0 Å². The number of alkyl halides is 2. The van der Waals surface area contributed by atoms with Crippen molar-refractivity contribution >= 4 is 27.2 Å². The third kappa shape index (κ3) is 2.18. The molecule has 128 valence electrons. The molecule has 1 aliphatic rings. The standard InChI is InChI=1S/C16H14F2N6S/c1-8-2-3-9-11(6-8)25-15-12(9)14-21-13(22-23(14)7-19-15)10-4-5-20-24(10)16(17)18/h4-5,7-8,16H,2-3,6H2,1H3. The van der Waals surface area contributed by atoms with Crippen LogP contribution in [0.15, 0.2) is 18.6 Å². The summed E-state index contributed by atoms with van der Waals surface area (Å²) in [5.74, 6) is 0.904. The largest absolute Gasteiger partial charge is 0.333 e. The molecule has 1 aliphatic carbocycles. The molecule has 4 aromatic heterocycles. The van der Waals surface area contributed by atoms with Gasteiger partial charge in [-0.15, -0.1) is 16.4 Å². The molecule has 5 rings (SSSR count). The number of halogens is 2. The SMILES string of the molecule is CC1CCc2c(sc3ncn4nc(-c5ccnn5C(F)F)nc4c23)C1. The number of rotatable bonds is 2. The Kier molecular flexibility index (Phi) is 3.15. The van der Waals surface area contributed by atoms with Crippen LogP contribution in [0.2, 0.25) is 0 Å². The maximum absolute atomic E-state index is 13.1. The van der Waals surface area contributed by atoms with Gasteiger partial charge >= 0.3 is 6.55 Å². The van der Waals surface area contributed by atoms with Gasteiger partial charge in [0.2, 0.25) is 5.82 Å². The molecule has 1 unspecified atom stereocenters. The molecule has 25 heavy (non-hydrogen) atoms. The van der Waals surface area contributed by atoms with E-state index in [1.807, 2.05) is 0 Å². The van der Waals surface area contributed by atoms with Crippen LogP contribution >= 0.6 is 11.3 Å². The molecule has 0 bridgehead atoms. The number of thiophene rings is 1. The van der Waals surface area contributed by atoms with Gasteiger partial charge in [0, 0.05) is 11.1 Å². The molecule has 1 atom stereocenters. The Bertz CT molecular complexity index is 1100. The highest BCUT2D eigenvalue weighted by atomic mass is 32.1. The van der Waals surface area contributed by atoms with Crippen LogP contribution < -0.4 is 0 Å². The van der Waals surface area contributed by atoms with Crippen molar-refractivity contribution in [1.82, 2.24) is 29.4 Å². The van der Waals surface area contributed by atoms with Crippen molar-refractivity contribution in [1.29, 1.82) is 0 Å². The van der Waals surface area contributed by atoms with E-state index in [0.717, 1.165) is 29.5 Å². The van der Waals surface area contributed by atoms with Crippen LogP contribution in [0.25, 0.3) is 27.4 Å². The van der Waals surface area contributed by atoms with E-state index in [2.05, 4.69) is 27.1 Å². The first kappa shape index (κ1) is 14.9. The molecule has 0 amide bonds. The maximum Gasteiger partial charge on any atom is 0.333 e. The molecular weight excluding hydrogens is 346 g/mol. The topological polar surface area (TPSA) is 60.9 Å². The zero-order valence-corrected chi connectivity index (χ0v) is 14.2. The molecule has 9 heteroatoms. The summed E-state index contributed by atoms with van der Waals surface area (Å²) in [4.78, 5) is 11.3. The molecule has 0 radical (unpaired) electrons. The average molecular weight is 360 g/mol. The quantitative estimate of drug-likeness (QED) is 0.547. The van der Waals surface area contributed by atoms with Gasteiger partial charge in [0.05, 0.1) is 5.39 Å². The van der Waals surface area contributed by atoms with Crippen LogP contribution in [0, 0.1) is 5.92 Å². The van der Waals surface area contributed by atoms with Crippen molar-refractivity contribution in [3.63, 3.8) is 0 Å². The Hall–Kier alpha value is -2.42. The second-order valence-electron chi connectivity index (χ2n) is 6.42. The van der Waals surface area contributed by atoms with E-state index in [1.54, 1.807) is 22.2 Å². The van der Waals surface area contributed by atoms with Gasteiger partial charge in [-0.2, -0.15) is 13.9 Å². The van der Waals surface area contributed by atoms with E-state index >= 15 is 0 Å². The van der Waals surface area contributed by atoms with Crippen LogP contribution in [0.3, 0.4) is 0 Å². The van der Waals surface area contributed by atoms with E-state index in [9.17, 15) is 8.78 Å². The summed E-state index contributed by atoms with van der Waals surface area (Å²) in [6, 6.07) is 1.50. The lowest BCUT2D eigenvalue weighted by atomic mass is 9.89. The smallest absolute Gasteiger partial charge is 0.225 e. The summed E-state index contributed by atoms with van der Waals surface area (Å²) in [6.07, 6.45) is 6.12. The van der Waals surface area contributed by atoms with Crippen molar-refractivity contribution in [3.05, 3.63) is 29.0 Å². The molecule has 0 saturated heterocycles. The lowest BCUT2D eigenvalue weighted by Crippen LogP contribution is -2.08. The Morgan fingerprint density at radius 1 is 1.36 bits per heavy atom. The van der Waals surface area contributed by atoms with E-state index in [-0.39, 0.29) is 11.5 Å². The third-order valence-electron chi connectivity index (χ3n) is 4.72. The van der Waals surface area contributed by atoms with Crippen molar-refractivity contribution in [2.75, 3.05) is 0 Å². The van der Waals surface area contributed by atoms with Crippen LogP contribution in [0.4, 0.5) is 8.78 Å². The van der Waals surface area contributed by atoms with Crippen molar-refractivity contribution in [3.8, 4) is 11.5 Å². The van der Waals surface area contributed by atoms with Crippen LogP contribution in [-0.4, -0.2) is 29.4 Å². The lowest BCUT2D eigenvalue weighted by molar-refractivity contribution is 0.0583. The number of hydrogen-bond acceptors (Lipinski definition) is 5. The lowest BCUT2D eigenvalue weighted by Gasteiger charge is -2.17. The molecular formula is C16H14F2N6S. The zero-order chi connectivity index (χ0) is 17.1. The van der Waals surface area contributed by atoms with Gasteiger partial charge in [0.25, 0.3) is 0 Å². The predicted octanol–water partition coefficient (Wildman–Crippen LogP) is 3.72. The number of aryl methyl sites for hydroxylation is 1. The number of fused-ring (bicyclic) bond motifs is 5. The summed E-state index contributed by atoms with van der Waals surface area (Å²) in [6.45, 7) is -0.470. The van der Waals surface area contributed by atoms with Gasteiger partial charge in [-0.05, 0) is 36.8 Å². The fraction of sp³-hybridized carbons (Fsp3) is 0.375. The first-order valence-corrected chi connectivity index (χ1v) is 8.91. The van der Waals surface area contributed by atoms with E-state index in [1.165, 1.54) is 22.7 Å². The summed E-state index contributed by atoms with van der Waals surface area (Å²) >= 11 is 1.70. The molecule has 4 heterocycles. The number of aromatic nitrogens is 6. The van der Waals surface area contributed by atoms with Crippen molar-refractivity contribution < 1.29 is 8.78 Å². The Balaban J connectivity index is 1.74. The van der Waals surface area contributed by atoms with Gasteiger partial charge in [-0.1, -0.05) is 6.92 Å². The van der Waals surface area contributed by atoms with Gasteiger partial charge in [-0.25, -0.2) is 19.2 Å². The second kappa shape index (κ2) is 5.29. The molecule has 0 spiro atoms.